The molecule has 5 aromatic rings. The molecule has 2 fully saturated rings. The van der Waals surface area contributed by atoms with Gasteiger partial charge in [0.1, 0.15) is 17.8 Å². The Balaban J connectivity index is 0.000000269. The van der Waals surface area contributed by atoms with Crippen LogP contribution in [-0.4, -0.2) is 142 Å². The maximum Gasteiger partial charge on any atom is 0.418 e. The van der Waals surface area contributed by atoms with Crippen molar-refractivity contribution in [2.45, 2.75) is 244 Å². The van der Waals surface area contributed by atoms with Crippen molar-refractivity contribution < 1.29 is 62.1 Å². The summed E-state index contributed by atoms with van der Waals surface area (Å²) in [5.41, 5.74) is 2.64. The lowest BCUT2D eigenvalue weighted by atomic mass is 9.99. The molecule has 0 aromatic heterocycles. The number of cyclic esters (lactones) is 1. The molecule has 6 atom stereocenters. The van der Waals surface area contributed by atoms with Gasteiger partial charge in [0, 0.05) is 36.9 Å². The fraction of sp³-hybridized carbons (Fsp3) is 0.500. The molecule has 2 N–H and O–H groups in total. The van der Waals surface area contributed by atoms with Gasteiger partial charge in [-0.3, -0.25) is 43.7 Å². The number of hydrazone groups is 2. The summed E-state index contributed by atoms with van der Waals surface area (Å²) in [7, 11) is 0. The number of unbranched alkanes of at least 4 members (excludes halogenated alkanes) is 22. The summed E-state index contributed by atoms with van der Waals surface area (Å²) < 4.78 is 22.4. The van der Waals surface area contributed by atoms with Crippen LogP contribution >= 0.6 is 23.2 Å². The Morgan fingerprint density at radius 2 is 1.04 bits per heavy atom. The first-order valence-electron chi connectivity index (χ1n) is 38.2. The number of hydrogen-bond acceptors (Lipinski definition) is 17. The summed E-state index contributed by atoms with van der Waals surface area (Å²) in [6.45, 7) is 8.67. The highest BCUT2D eigenvalue weighted by Crippen LogP contribution is 2.34. The van der Waals surface area contributed by atoms with Crippen molar-refractivity contribution in [2.75, 3.05) is 35.5 Å². The van der Waals surface area contributed by atoms with Gasteiger partial charge in [-0.2, -0.15) is 10.2 Å². The maximum absolute atomic E-state index is 14.7. The molecule has 2 saturated heterocycles. The van der Waals surface area contributed by atoms with E-state index in [9.17, 15) is 43.2 Å². The van der Waals surface area contributed by atoms with E-state index in [-0.39, 0.29) is 61.1 Å². The van der Waals surface area contributed by atoms with Crippen LogP contribution < -0.4 is 20.4 Å². The lowest BCUT2D eigenvalue weighted by molar-refractivity contribution is -0.149. The zero-order valence-electron chi connectivity index (χ0n) is 61.9. The SMILES string of the molecule is CCCCCCCCCCCCCCCCOC(=O)c1ccc(Cl)c(NC(=O)C(C(=O)C2CC=NN2c2ccccc2)N2C(=O)OC(C)C2=O)c1.CCCCCCCCCCCCOc1ccc(Cl)cc1NC(=O)C(C(=O)C1CC=NN1Cc1ccccc1)N1C(=O)C(OCC)N(Cc2ccccc2)C1=O. The van der Waals surface area contributed by atoms with Crippen LogP contribution in [0, 0.1) is 0 Å². The topological polar surface area (TPSA) is 256 Å². The number of ketones is 2. The Morgan fingerprint density at radius 1 is 0.538 bits per heavy atom. The van der Waals surface area contributed by atoms with E-state index in [1.54, 1.807) is 54.5 Å². The van der Waals surface area contributed by atoms with Gasteiger partial charge in [0.15, 0.2) is 29.8 Å². The van der Waals surface area contributed by atoms with Gasteiger partial charge < -0.3 is 29.6 Å². The van der Waals surface area contributed by atoms with Crippen LogP contribution in [-0.2, 0) is 56.1 Å². The van der Waals surface area contributed by atoms with E-state index in [0.29, 0.717) is 28.0 Å². The molecule has 0 radical (unpaired) electrons. The van der Waals surface area contributed by atoms with E-state index in [1.165, 1.54) is 163 Å². The first kappa shape index (κ1) is 82.7. The largest absolute Gasteiger partial charge is 0.491 e. The van der Waals surface area contributed by atoms with Crippen molar-refractivity contribution in [2.24, 2.45) is 10.2 Å². The number of carbonyl (C=O) groups is 9. The maximum atomic E-state index is 14.7. The predicted octanol–water partition coefficient (Wildman–Crippen LogP) is 17.1. The number of imide groups is 2. The molecule has 0 spiro atoms. The monoisotopic (exact) mass is 1490 g/mol. The molecule has 4 heterocycles. The van der Waals surface area contributed by atoms with Gasteiger partial charge in [-0.25, -0.2) is 24.2 Å². The second-order valence-electron chi connectivity index (χ2n) is 27.2. The second kappa shape index (κ2) is 44.2. The van der Waals surface area contributed by atoms with Gasteiger partial charge in [-0.15, -0.1) is 0 Å². The van der Waals surface area contributed by atoms with Gasteiger partial charge in [-0.05, 0) is 86.3 Å². The highest BCUT2D eigenvalue weighted by atomic mass is 35.5. The molecular weight excluding hydrogens is 1390 g/mol. The molecule has 4 aliphatic heterocycles. The van der Waals surface area contributed by atoms with E-state index in [2.05, 4.69) is 34.7 Å². The molecule has 24 heteroatoms. The lowest BCUT2D eigenvalue weighted by Gasteiger charge is -2.30. The number of para-hydroxylation sites is 1. The Kier molecular flexibility index (Phi) is 34.5. The van der Waals surface area contributed by atoms with Crippen molar-refractivity contribution >= 4 is 106 Å². The number of Topliss-reactive ketones (excluding diaryl/α,β-unsaturated/α-hetero) is 2. The molecule has 6 unspecified atom stereocenters. The fourth-order valence-corrected chi connectivity index (χ4v) is 13.6. The Morgan fingerprint density at radius 3 is 1.59 bits per heavy atom. The number of benzene rings is 5. The van der Waals surface area contributed by atoms with Gasteiger partial charge in [-0.1, -0.05) is 257 Å². The molecule has 9 rings (SSSR count). The van der Waals surface area contributed by atoms with E-state index in [4.69, 9.17) is 42.1 Å². The zero-order chi connectivity index (χ0) is 75.6. The molecule has 570 valence electrons. The first-order valence-corrected chi connectivity index (χ1v) is 38.9. The van der Waals surface area contributed by atoms with Crippen molar-refractivity contribution in [3.63, 3.8) is 0 Å². The minimum Gasteiger partial charge on any atom is -0.491 e. The number of nitrogens with one attached hydrogen (secondary N) is 2. The Bertz CT molecular complexity index is 3740. The summed E-state index contributed by atoms with van der Waals surface area (Å²) in [6.07, 6.45) is 28.9. The van der Waals surface area contributed by atoms with Crippen LogP contribution in [0.25, 0.3) is 0 Å². The number of anilines is 3. The predicted molar refractivity (Wildman–Crippen MR) is 413 cm³/mol. The van der Waals surface area contributed by atoms with Crippen LogP contribution in [0.3, 0.4) is 0 Å². The van der Waals surface area contributed by atoms with E-state index >= 15 is 0 Å². The van der Waals surface area contributed by atoms with Gasteiger partial charge >= 0.3 is 18.1 Å². The van der Waals surface area contributed by atoms with Crippen LogP contribution in [0.2, 0.25) is 10.0 Å². The summed E-state index contributed by atoms with van der Waals surface area (Å²) >= 11 is 12.8. The smallest absolute Gasteiger partial charge is 0.418 e. The van der Waals surface area contributed by atoms with Crippen molar-refractivity contribution in [3.8, 4) is 5.75 Å². The number of esters is 1. The standard InChI is InChI=1S/C43H54ClN5O6.C39H51ClN4O7/c1-3-5-6-7-8-9-10-11-12-19-28-55-37-25-24-34(44)29-35(37)46-40(51)38(39(50)36-26-27-45-48(36)31-33-22-17-14-18-23-33)49-41(52)42(54-4-2)47(43(49)53)30-32-20-15-13-16-21-32;1-3-4-5-6-7-8-9-10-11-12-13-14-15-19-26-50-38(48)29-22-23-31(40)32(27-29)42-36(46)34(43-37(47)28(2)51-39(43)49)35(45)33-24-25-41-44(33)30-20-17-16-18-21-30/h13-18,20-25,27,29,36,38,42H,3-12,19,26,28,30-31H2,1-2H3,(H,46,51);16-18,20-23,25,27-28,33-34H,3-15,19,24,26H2,1-2H3,(H,42,46). The average molecular weight is 1500 g/mol. The van der Waals surface area contributed by atoms with E-state index in [1.807, 2.05) is 66.7 Å². The molecule has 0 bridgehead atoms. The normalized spacial score (nSPS) is 17.4. The third-order valence-corrected chi connectivity index (χ3v) is 19.6. The summed E-state index contributed by atoms with van der Waals surface area (Å²) in [5, 5.41) is 17.5. The fourth-order valence-electron chi connectivity index (χ4n) is 13.3. The highest BCUT2D eigenvalue weighted by Gasteiger charge is 2.55. The number of rotatable bonds is 45. The second-order valence-corrected chi connectivity index (χ2v) is 28.0. The molecule has 0 aliphatic carbocycles. The summed E-state index contributed by atoms with van der Waals surface area (Å²) in [4.78, 5) is 127. The average Bonchev–Trinajstić information content (AvgIpc) is 1.59. The minimum absolute atomic E-state index is 0.0149. The van der Waals surface area contributed by atoms with Crippen molar-refractivity contribution in [1.82, 2.24) is 19.7 Å². The summed E-state index contributed by atoms with van der Waals surface area (Å²) in [6, 6.07) is 30.2. The van der Waals surface area contributed by atoms with Crippen LogP contribution in [0.5, 0.6) is 5.75 Å². The van der Waals surface area contributed by atoms with Gasteiger partial charge in [0.2, 0.25) is 6.23 Å². The van der Waals surface area contributed by atoms with Crippen LogP contribution in [0.4, 0.5) is 26.7 Å². The van der Waals surface area contributed by atoms with E-state index < -0.39 is 89.8 Å². The Labute approximate surface area is 634 Å². The molecule has 5 aromatic carbocycles. The number of halogens is 2. The van der Waals surface area contributed by atoms with Crippen molar-refractivity contribution in [3.05, 3.63) is 154 Å². The molecule has 0 saturated carbocycles. The first-order chi connectivity index (χ1) is 51.5. The molecule has 106 heavy (non-hydrogen) atoms. The van der Waals surface area contributed by atoms with E-state index in [0.717, 1.165) is 54.6 Å². The summed E-state index contributed by atoms with van der Waals surface area (Å²) in [5.74, 6) is -5.11. The number of nitrogens with zero attached hydrogens (tertiary/aromatic N) is 7. The zero-order valence-corrected chi connectivity index (χ0v) is 63.4. The highest BCUT2D eigenvalue weighted by molar-refractivity contribution is 6.34. The molecule has 4 aliphatic rings. The molecular formula is C82H105Cl2N9O13. The number of carbonyl (C=O) groups excluding carboxylic acids is 9. The number of ether oxygens (including phenoxy) is 4. The Hall–Kier alpha value is -8.99. The number of amides is 7. The number of hydrogen-bond donors (Lipinski definition) is 2. The van der Waals surface area contributed by atoms with Crippen LogP contribution in [0.1, 0.15) is 216 Å². The third kappa shape index (κ3) is 24.3. The quantitative estimate of drug-likeness (QED) is 0.0159. The number of urea groups is 1. The van der Waals surface area contributed by atoms with Gasteiger partial charge in [0.25, 0.3) is 23.6 Å². The molecule has 7 amide bonds. The third-order valence-electron chi connectivity index (χ3n) is 19.1. The van der Waals surface area contributed by atoms with Crippen LogP contribution in [0.15, 0.2) is 138 Å². The lowest BCUT2D eigenvalue weighted by Crippen LogP contribution is -2.57. The minimum atomic E-state index is -1.89. The molecule has 22 nitrogen and oxygen atoms in total. The van der Waals surface area contributed by atoms with Crippen molar-refractivity contribution in [1.29, 1.82) is 0 Å². The van der Waals surface area contributed by atoms with Gasteiger partial charge in [0.05, 0.1) is 54.0 Å².